The van der Waals surface area contributed by atoms with Crippen LogP contribution in [0.15, 0.2) is 0 Å². The van der Waals surface area contributed by atoms with Crippen LogP contribution in [-0.2, 0) is 4.74 Å². The standard InChI is InChI=1S/C14H30N2O/c1-13(2)15-8-4-5-9-16-10-6-7-14(11-16)12-17-3/h13-15H,4-12H2,1-3H3. The zero-order valence-corrected chi connectivity index (χ0v) is 11.9. The smallest absolute Gasteiger partial charge is 0.0502 e. The molecule has 3 nitrogen and oxygen atoms in total. The average molecular weight is 242 g/mol. The normalized spacial score (nSPS) is 22.2. The Morgan fingerprint density at radius 1 is 1.35 bits per heavy atom. The Kier molecular flexibility index (Phi) is 7.82. The van der Waals surface area contributed by atoms with Gasteiger partial charge in [-0.1, -0.05) is 13.8 Å². The summed E-state index contributed by atoms with van der Waals surface area (Å²) < 4.78 is 5.26. The van der Waals surface area contributed by atoms with Gasteiger partial charge in [0.05, 0.1) is 6.61 Å². The quantitative estimate of drug-likeness (QED) is 0.660. The summed E-state index contributed by atoms with van der Waals surface area (Å²) in [6.45, 7) is 10.3. The van der Waals surface area contributed by atoms with Crippen LogP contribution in [0, 0.1) is 5.92 Å². The highest BCUT2D eigenvalue weighted by Crippen LogP contribution is 2.16. The summed E-state index contributed by atoms with van der Waals surface area (Å²) >= 11 is 0. The fourth-order valence-corrected chi connectivity index (χ4v) is 2.58. The highest BCUT2D eigenvalue weighted by molar-refractivity contribution is 4.72. The van der Waals surface area contributed by atoms with Gasteiger partial charge < -0.3 is 15.0 Å². The topological polar surface area (TPSA) is 24.5 Å². The molecule has 1 unspecified atom stereocenters. The maximum absolute atomic E-state index is 5.26. The molecule has 1 aliphatic heterocycles. The molecule has 17 heavy (non-hydrogen) atoms. The maximum atomic E-state index is 5.26. The summed E-state index contributed by atoms with van der Waals surface area (Å²) in [7, 11) is 1.82. The first-order valence-corrected chi connectivity index (χ1v) is 7.17. The zero-order valence-electron chi connectivity index (χ0n) is 11.9. The molecule has 1 saturated heterocycles. The van der Waals surface area contributed by atoms with E-state index in [1.54, 1.807) is 0 Å². The van der Waals surface area contributed by atoms with E-state index in [1.165, 1.54) is 45.3 Å². The van der Waals surface area contributed by atoms with Crippen LogP contribution < -0.4 is 5.32 Å². The molecular weight excluding hydrogens is 212 g/mol. The summed E-state index contributed by atoms with van der Waals surface area (Å²) in [6.07, 6.45) is 5.31. The Labute approximate surface area is 107 Å². The van der Waals surface area contributed by atoms with Gasteiger partial charge in [-0.2, -0.15) is 0 Å². The lowest BCUT2D eigenvalue weighted by atomic mass is 9.99. The number of rotatable bonds is 8. The molecule has 1 heterocycles. The predicted molar refractivity (Wildman–Crippen MR) is 73.4 cm³/mol. The van der Waals surface area contributed by atoms with Crippen LogP contribution in [0.4, 0.5) is 0 Å². The molecule has 0 saturated carbocycles. The number of likely N-dealkylation sites (tertiary alicyclic amines) is 1. The number of nitrogens with one attached hydrogen (secondary N) is 1. The van der Waals surface area contributed by atoms with Crippen LogP contribution in [-0.4, -0.2) is 50.8 Å². The lowest BCUT2D eigenvalue weighted by molar-refractivity contribution is 0.0899. The number of unbranched alkanes of at least 4 members (excludes halogenated alkanes) is 1. The van der Waals surface area contributed by atoms with Crippen molar-refractivity contribution in [2.45, 2.75) is 45.6 Å². The molecule has 0 aromatic rings. The number of nitrogens with zero attached hydrogens (tertiary/aromatic N) is 1. The molecule has 1 atom stereocenters. The first-order valence-electron chi connectivity index (χ1n) is 7.17. The lowest BCUT2D eigenvalue weighted by Gasteiger charge is -2.32. The molecule has 0 bridgehead atoms. The number of piperidine rings is 1. The van der Waals surface area contributed by atoms with E-state index in [0.29, 0.717) is 6.04 Å². The molecule has 0 aromatic heterocycles. The third-order valence-electron chi connectivity index (χ3n) is 3.46. The predicted octanol–water partition coefficient (Wildman–Crippen LogP) is 2.12. The summed E-state index contributed by atoms with van der Waals surface area (Å²) in [5, 5.41) is 3.47. The number of ether oxygens (including phenoxy) is 1. The van der Waals surface area contributed by atoms with Crippen LogP contribution >= 0.6 is 0 Å². The van der Waals surface area contributed by atoms with Gasteiger partial charge in [0.25, 0.3) is 0 Å². The molecule has 1 fully saturated rings. The van der Waals surface area contributed by atoms with Gasteiger partial charge in [0.15, 0.2) is 0 Å². The molecule has 1 rings (SSSR count). The summed E-state index contributed by atoms with van der Waals surface area (Å²) in [5.41, 5.74) is 0. The van der Waals surface area contributed by atoms with Gasteiger partial charge in [0, 0.05) is 19.7 Å². The maximum Gasteiger partial charge on any atom is 0.0502 e. The second-order valence-corrected chi connectivity index (χ2v) is 5.58. The molecule has 102 valence electrons. The van der Waals surface area contributed by atoms with Crippen molar-refractivity contribution in [3.8, 4) is 0 Å². The Morgan fingerprint density at radius 2 is 2.18 bits per heavy atom. The van der Waals surface area contributed by atoms with Crippen LogP contribution in [0.2, 0.25) is 0 Å². The number of hydrogen-bond acceptors (Lipinski definition) is 3. The SMILES string of the molecule is COCC1CCCN(CCCCNC(C)C)C1. The Bertz CT molecular complexity index is 183. The minimum atomic E-state index is 0.621. The lowest BCUT2D eigenvalue weighted by Crippen LogP contribution is -2.37. The zero-order chi connectivity index (χ0) is 12.5. The molecule has 0 spiro atoms. The van der Waals surface area contributed by atoms with Crippen LogP contribution in [0.1, 0.15) is 39.5 Å². The van der Waals surface area contributed by atoms with Gasteiger partial charge in [-0.15, -0.1) is 0 Å². The number of methoxy groups -OCH3 is 1. The van der Waals surface area contributed by atoms with Crippen LogP contribution in [0.5, 0.6) is 0 Å². The Morgan fingerprint density at radius 3 is 2.88 bits per heavy atom. The highest BCUT2D eigenvalue weighted by Gasteiger charge is 2.18. The molecule has 0 radical (unpaired) electrons. The van der Waals surface area contributed by atoms with Gasteiger partial charge in [-0.25, -0.2) is 0 Å². The summed E-state index contributed by atoms with van der Waals surface area (Å²) in [6, 6.07) is 0.621. The van der Waals surface area contributed by atoms with Crippen molar-refractivity contribution < 1.29 is 4.74 Å². The molecule has 0 aliphatic carbocycles. The monoisotopic (exact) mass is 242 g/mol. The summed E-state index contributed by atoms with van der Waals surface area (Å²) in [4.78, 5) is 2.61. The van der Waals surface area contributed by atoms with E-state index in [9.17, 15) is 0 Å². The highest BCUT2D eigenvalue weighted by atomic mass is 16.5. The molecular formula is C14H30N2O. The van der Waals surface area contributed by atoms with Crippen molar-refractivity contribution in [1.29, 1.82) is 0 Å². The fraction of sp³-hybridized carbons (Fsp3) is 1.00. The van der Waals surface area contributed by atoms with Crippen molar-refractivity contribution in [1.82, 2.24) is 10.2 Å². The second-order valence-electron chi connectivity index (χ2n) is 5.58. The van der Waals surface area contributed by atoms with Crippen LogP contribution in [0.3, 0.4) is 0 Å². The van der Waals surface area contributed by atoms with E-state index in [1.807, 2.05) is 7.11 Å². The van der Waals surface area contributed by atoms with E-state index in [4.69, 9.17) is 4.74 Å². The molecule has 3 heteroatoms. The molecule has 0 amide bonds. The minimum absolute atomic E-state index is 0.621. The van der Waals surface area contributed by atoms with Gasteiger partial charge in [-0.05, 0) is 51.2 Å². The second kappa shape index (κ2) is 8.90. The van der Waals surface area contributed by atoms with Crippen molar-refractivity contribution in [3.63, 3.8) is 0 Å². The Hall–Kier alpha value is -0.120. The third-order valence-corrected chi connectivity index (χ3v) is 3.46. The van der Waals surface area contributed by atoms with Gasteiger partial charge in [0.2, 0.25) is 0 Å². The van der Waals surface area contributed by atoms with Crippen molar-refractivity contribution in [2.24, 2.45) is 5.92 Å². The minimum Gasteiger partial charge on any atom is -0.384 e. The average Bonchev–Trinajstić information content (AvgIpc) is 2.29. The van der Waals surface area contributed by atoms with E-state index < -0.39 is 0 Å². The van der Waals surface area contributed by atoms with Crippen molar-refractivity contribution in [3.05, 3.63) is 0 Å². The van der Waals surface area contributed by atoms with E-state index in [2.05, 4.69) is 24.1 Å². The molecule has 1 N–H and O–H groups in total. The first-order chi connectivity index (χ1) is 8.22. The fourth-order valence-electron chi connectivity index (χ4n) is 2.58. The largest absolute Gasteiger partial charge is 0.384 e. The van der Waals surface area contributed by atoms with E-state index >= 15 is 0 Å². The van der Waals surface area contributed by atoms with Gasteiger partial charge in [0.1, 0.15) is 0 Å². The Balaban J connectivity index is 2.02. The van der Waals surface area contributed by atoms with E-state index in [0.717, 1.165) is 19.1 Å². The van der Waals surface area contributed by atoms with E-state index in [-0.39, 0.29) is 0 Å². The van der Waals surface area contributed by atoms with Gasteiger partial charge >= 0.3 is 0 Å². The first kappa shape index (κ1) is 14.9. The van der Waals surface area contributed by atoms with Crippen LogP contribution in [0.25, 0.3) is 0 Å². The molecule has 0 aromatic carbocycles. The van der Waals surface area contributed by atoms with Crippen molar-refractivity contribution >= 4 is 0 Å². The number of hydrogen-bond donors (Lipinski definition) is 1. The summed E-state index contributed by atoms with van der Waals surface area (Å²) in [5.74, 6) is 0.766. The van der Waals surface area contributed by atoms with Crippen molar-refractivity contribution in [2.75, 3.05) is 39.9 Å². The third kappa shape index (κ3) is 7.02. The molecule has 1 aliphatic rings. The van der Waals surface area contributed by atoms with Gasteiger partial charge in [-0.3, -0.25) is 0 Å².